The van der Waals surface area contributed by atoms with Gasteiger partial charge in [0.15, 0.2) is 0 Å². The van der Waals surface area contributed by atoms with Crippen LogP contribution < -0.4 is 5.32 Å². The minimum atomic E-state index is -0.394. The Kier molecular flexibility index (Phi) is 5.04. The second kappa shape index (κ2) is 6.35. The van der Waals surface area contributed by atoms with E-state index < -0.39 is 5.82 Å². The van der Waals surface area contributed by atoms with E-state index in [2.05, 4.69) is 21.2 Å². The number of thiophene rings is 1. The van der Waals surface area contributed by atoms with Crippen LogP contribution in [0.3, 0.4) is 0 Å². The predicted octanol–water partition coefficient (Wildman–Crippen LogP) is 5.25. The van der Waals surface area contributed by atoms with Crippen LogP contribution in [0.1, 0.15) is 10.4 Å². The molecule has 0 spiro atoms. The Morgan fingerprint density at radius 1 is 1.22 bits per heavy atom. The fourth-order valence-electron chi connectivity index (χ4n) is 1.46. The molecule has 0 amide bonds. The molecule has 1 nitrogen and oxygen atoms in total. The van der Waals surface area contributed by atoms with Crippen molar-refractivity contribution in [1.82, 2.24) is 5.32 Å². The van der Waals surface area contributed by atoms with E-state index in [1.165, 1.54) is 17.4 Å². The maximum Gasteiger partial charge on any atom is 0.141 e. The minimum absolute atomic E-state index is 0.149. The van der Waals surface area contributed by atoms with E-state index in [0.29, 0.717) is 13.1 Å². The summed E-state index contributed by atoms with van der Waals surface area (Å²) < 4.78 is 14.6. The van der Waals surface area contributed by atoms with Crippen molar-refractivity contribution in [2.75, 3.05) is 0 Å². The fourth-order valence-corrected chi connectivity index (χ4v) is 3.42. The van der Waals surface area contributed by atoms with Crippen molar-refractivity contribution < 1.29 is 4.39 Å². The standard InChI is InChI=1S/C12H9BrCl2FNS/c13-9-4-8(18-12(9)15)6-17-5-7-1-2-11(16)10(14)3-7/h1-4,17H,5-6H2. The van der Waals surface area contributed by atoms with Crippen LogP contribution in [-0.2, 0) is 13.1 Å². The third-order valence-electron chi connectivity index (χ3n) is 2.31. The monoisotopic (exact) mass is 367 g/mol. The van der Waals surface area contributed by atoms with Crippen molar-refractivity contribution in [1.29, 1.82) is 0 Å². The first-order valence-corrected chi connectivity index (χ1v) is 7.51. The van der Waals surface area contributed by atoms with Crippen molar-refractivity contribution in [2.45, 2.75) is 13.1 Å². The predicted molar refractivity (Wildman–Crippen MR) is 79.0 cm³/mol. The van der Waals surface area contributed by atoms with Gasteiger partial charge in [0.05, 0.1) is 5.02 Å². The van der Waals surface area contributed by atoms with Crippen molar-refractivity contribution in [2.24, 2.45) is 0 Å². The van der Waals surface area contributed by atoms with Gasteiger partial charge in [-0.2, -0.15) is 0 Å². The summed E-state index contributed by atoms with van der Waals surface area (Å²) >= 11 is 16.5. The van der Waals surface area contributed by atoms with E-state index in [1.807, 2.05) is 6.07 Å². The highest BCUT2D eigenvalue weighted by Crippen LogP contribution is 2.31. The molecule has 18 heavy (non-hydrogen) atoms. The highest BCUT2D eigenvalue weighted by Gasteiger charge is 2.04. The Labute approximate surface area is 127 Å². The Balaban J connectivity index is 1.90. The lowest BCUT2D eigenvalue weighted by atomic mass is 10.2. The maximum absolute atomic E-state index is 13.0. The topological polar surface area (TPSA) is 12.0 Å². The summed E-state index contributed by atoms with van der Waals surface area (Å²) in [6, 6.07) is 6.70. The Morgan fingerprint density at radius 2 is 2.00 bits per heavy atom. The minimum Gasteiger partial charge on any atom is -0.308 e. The molecular formula is C12H9BrCl2FNS. The van der Waals surface area contributed by atoms with Gasteiger partial charge in [0.2, 0.25) is 0 Å². The largest absolute Gasteiger partial charge is 0.308 e. The molecule has 2 aromatic rings. The lowest BCUT2D eigenvalue weighted by Crippen LogP contribution is -2.11. The van der Waals surface area contributed by atoms with Crippen molar-refractivity contribution in [3.63, 3.8) is 0 Å². The molecule has 0 saturated carbocycles. The molecule has 0 saturated heterocycles. The second-order valence-electron chi connectivity index (χ2n) is 3.69. The first-order valence-electron chi connectivity index (χ1n) is 5.14. The summed E-state index contributed by atoms with van der Waals surface area (Å²) in [5, 5.41) is 3.40. The number of hydrogen-bond donors (Lipinski definition) is 1. The summed E-state index contributed by atoms with van der Waals surface area (Å²) in [6.07, 6.45) is 0. The molecule has 1 N–H and O–H groups in total. The Hall–Kier alpha value is -0.130. The summed E-state index contributed by atoms with van der Waals surface area (Å²) in [5.74, 6) is -0.394. The molecule has 0 atom stereocenters. The number of nitrogens with one attached hydrogen (secondary N) is 1. The zero-order chi connectivity index (χ0) is 13.1. The van der Waals surface area contributed by atoms with Crippen molar-refractivity contribution >= 4 is 50.5 Å². The number of rotatable bonds is 4. The van der Waals surface area contributed by atoms with Gasteiger partial charge in [-0.1, -0.05) is 29.3 Å². The lowest BCUT2D eigenvalue weighted by Gasteiger charge is -2.04. The molecule has 96 valence electrons. The van der Waals surface area contributed by atoms with E-state index in [0.717, 1.165) is 19.2 Å². The molecular weight excluding hydrogens is 360 g/mol. The van der Waals surface area contributed by atoms with Crippen LogP contribution in [0, 0.1) is 5.82 Å². The molecule has 0 aliphatic carbocycles. The van der Waals surface area contributed by atoms with E-state index in [1.54, 1.807) is 12.1 Å². The SMILES string of the molecule is Fc1ccc(CNCc2cc(Br)c(Cl)s2)cc1Cl. The quantitative estimate of drug-likeness (QED) is 0.777. The van der Waals surface area contributed by atoms with Gasteiger partial charge in [-0.05, 0) is 39.7 Å². The third kappa shape index (κ3) is 3.68. The fraction of sp³-hybridized carbons (Fsp3) is 0.167. The van der Waals surface area contributed by atoms with Crippen LogP contribution in [-0.4, -0.2) is 0 Å². The van der Waals surface area contributed by atoms with Gasteiger partial charge in [0.1, 0.15) is 10.2 Å². The summed E-state index contributed by atoms with van der Waals surface area (Å²) in [6.45, 7) is 1.35. The van der Waals surface area contributed by atoms with Crippen LogP contribution in [0.25, 0.3) is 0 Å². The average molecular weight is 369 g/mol. The molecule has 0 fully saturated rings. The van der Waals surface area contributed by atoms with E-state index in [4.69, 9.17) is 23.2 Å². The highest BCUT2D eigenvalue weighted by molar-refractivity contribution is 9.10. The van der Waals surface area contributed by atoms with Gasteiger partial charge in [0, 0.05) is 22.4 Å². The first kappa shape index (κ1) is 14.3. The molecule has 0 aliphatic heterocycles. The maximum atomic E-state index is 13.0. The zero-order valence-electron chi connectivity index (χ0n) is 9.14. The smallest absolute Gasteiger partial charge is 0.141 e. The van der Waals surface area contributed by atoms with Gasteiger partial charge >= 0.3 is 0 Å². The highest BCUT2D eigenvalue weighted by atomic mass is 79.9. The molecule has 2 rings (SSSR count). The van der Waals surface area contributed by atoms with Crippen LogP contribution in [0.2, 0.25) is 9.36 Å². The normalized spacial score (nSPS) is 10.9. The molecule has 1 aromatic heterocycles. The van der Waals surface area contributed by atoms with Crippen LogP contribution in [0.15, 0.2) is 28.7 Å². The first-order chi connectivity index (χ1) is 8.56. The molecule has 0 bridgehead atoms. The van der Waals surface area contributed by atoms with Gasteiger partial charge in [0.25, 0.3) is 0 Å². The molecule has 6 heteroatoms. The van der Waals surface area contributed by atoms with Crippen LogP contribution >= 0.6 is 50.5 Å². The summed E-state index contributed by atoms with van der Waals surface area (Å²) in [5.41, 5.74) is 0.947. The van der Waals surface area contributed by atoms with E-state index in [9.17, 15) is 4.39 Å². The van der Waals surface area contributed by atoms with Crippen LogP contribution in [0.4, 0.5) is 4.39 Å². The lowest BCUT2D eigenvalue weighted by molar-refractivity contribution is 0.625. The second-order valence-corrected chi connectivity index (χ2v) is 6.69. The number of hydrogen-bond acceptors (Lipinski definition) is 2. The zero-order valence-corrected chi connectivity index (χ0v) is 13.1. The van der Waals surface area contributed by atoms with Gasteiger partial charge < -0.3 is 5.32 Å². The summed E-state index contributed by atoms with van der Waals surface area (Å²) in [7, 11) is 0. The Bertz CT molecular complexity index is 540. The van der Waals surface area contributed by atoms with Gasteiger partial charge in [-0.15, -0.1) is 11.3 Å². The molecule has 0 radical (unpaired) electrons. The van der Waals surface area contributed by atoms with Gasteiger partial charge in [-0.3, -0.25) is 0 Å². The summed E-state index contributed by atoms with van der Waals surface area (Å²) in [4.78, 5) is 1.14. The molecule has 1 heterocycles. The molecule has 0 unspecified atom stereocenters. The number of halogens is 4. The third-order valence-corrected chi connectivity index (χ3v) is 5.07. The van der Waals surface area contributed by atoms with Crippen LogP contribution in [0.5, 0.6) is 0 Å². The average Bonchev–Trinajstić information content (AvgIpc) is 2.63. The van der Waals surface area contributed by atoms with Crippen molar-refractivity contribution in [3.8, 4) is 0 Å². The van der Waals surface area contributed by atoms with E-state index >= 15 is 0 Å². The van der Waals surface area contributed by atoms with Gasteiger partial charge in [-0.25, -0.2) is 4.39 Å². The van der Waals surface area contributed by atoms with Crippen molar-refractivity contribution in [3.05, 3.63) is 54.4 Å². The number of benzene rings is 1. The molecule has 0 aliphatic rings. The Morgan fingerprint density at radius 3 is 2.61 bits per heavy atom. The molecule has 1 aromatic carbocycles. The van der Waals surface area contributed by atoms with E-state index in [-0.39, 0.29) is 5.02 Å².